The van der Waals surface area contributed by atoms with E-state index >= 15 is 0 Å². The molecule has 0 heterocycles. The predicted octanol–water partition coefficient (Wildman–Crippen LogP) is 4.01. The van der Waals surface area contributed by atoms with Gasteiger partial charge in [0, 0.05) is 29.7 Å². The monoisotopic (exact) mass is 403 g/mol. The van der Waals surface area contributed by atoms with E-state index < -0.39 is 0 Å². The molecule has 0 fully saturated rings. The first kappa shape index (κ1) is 29.4. The SMILES string of the molecule is C=C/C=C/[C@H](Cc1ccccc1)NCc1ccccc1.[C-]#[O+].[C-]#[O+].[C-]#[O+].[Fe]. The maximum absolute atomic E-state index is 7.50. The fourth-order valence-electron chi connectivity index (χ4n) is 2.13. The molecular formula is C22H21FeNO3. The number of hydrogen-bond acceptors (Lipinski definition) is 1. The van der Waals surface area contributed by atoms with Crippen LogP contribution in [0.15, 0.2) is 85.5 Å². The van der Waals surface area contributed by atoms with Crippen LogP contribution in [-0.4, -0.2) is 6.04 Å². The van der Waals surface area contributed by atoms with Gasteiger partial charge in [0.1, 0.15) is 0 Å². The molecule has 140 valence electrons. The Labute approximate surface area is 172 Å². The Morgan fingerprint density at radius 3 is 1.70 bits per heavy atom. The Balaban J connectivity index is -0.000000749. The van der Waals surface area contributed by atoms with Crippen LogP contribution in [0.25, 0.3) is 0 Å². The zero-order valence-electron chi connectivity index (χ0n) is 14.8. The van der Waals surface area contributed by atoms with E-state index in [4.69, 9.17) is 14.0 Å². The second-order valence-electron chi connectivity index (χ2n) is 4.78. The molecule has 2 rings (SSSR count). The molecule has 0 unspecified atom stereocenters. The minimum absolute atomic E-state index is 0. The standard InChI is InChI=1S/C19H21N.3CO.Fe/c1-2-3-14-19(15-17-10-6-4-7-11-17)20-16-18-12-8-5-9-13-18;3*1-2;/h2-14,19-20H,1,15-16H2;;;;/b14-3+;;;;/t19-;;;;/m1..../s1. The molecule has 0 bridgehead atoms. The number of allylic oxidation sites excluding steroid dienone is 2. The third-order valence-electron chi connectivity index (χ3n) is 3.19. The zero-order valence-corrected chi connectivity index (χ0v) is 15.9. The smallest absolute Gasteiger partial charge is 0 e. The van der Waals surface area contributed by atoms with E-state index in [-0.39, 0.29) is 17.1 Å². The minimum atomic E-state index is 0. The van der Waals surface area contributed by atoms with Crippen LogP contribution >= 0.6 is 0 Å². The molecule has 2 aromatic carbocycles. The Hall–Kier alpha value is -2.38. The van der Waals surface area contributed by atoms with Gasteiger partial charge in [0.2, 0.25) is 0 Å². The zero-order chi connectivity index (χ0) is 20.0. The van der Waals surface area contributed by atoms with E-state index in [1.165, 1.54) is 11.1 Å². The number of nitrogens with one attached hydrogen (secondary N) is 1. The van der Waals surface area contributed by atoms with E-state index in [0.717, 1.165) is 13.0 Å². The average Bonchev–Trinajstić information content (AvgIpc) is 2.76. The van der Waals surface area contributed by atoms with Gasteiger partial charge < -0.3 is 5.32 Å². The van der Waals surface area contributed by atoms with Gasteiger partial charge in [-0.3, -0.25) is 0 Å². The molecule has 0 radical (unpaired) electrons. The summed E-state index contributed by atoms with van der Waals surface area (Å²) < 4.78 is 22.5. The molecular weight excluding hydrogens is 382 g/mol. The van der Waals surface area contributed by atoms with Gasteiger partial charge in [0.25, 0.3) is 0 Å². The largest absolute Gasteiger partial charge is 0 e. The molecule has 1 N–H and O–H groups in total. The number of benzene rings is 2. The average molecular weight is 403 g/mol. The Kier molecular flexibility index (Phi) is 25.7. The Bertz CT molecular complexity index is 650. The van der Waals surface area contributed by atoms with E-state index in [0.29, 0.717) is 6.04 Å². The van der Waals surface area contributed by atoms with Gasteiger partial charge in [-0.15, -0.1) is 0 Å². The Morgan fingerprint density at radius 1 is 0.815 bits per heavy atom. The van der Waals surface area contributed by atoms with Gasteiger partial charge >= 0.3 is 33.9 Å². The van der Waals surface area contributed by atoms with Crippen molar-refractivity contribution < 1.29 is 31.0 Å². The first-order valence-corrected chi connectivity index (χ1v) is 7.60. The van der Waals surface area contributed by atoms with Crippen molar-refractivity contribution in [2.45, 2.75) is 19.0 Å². The van der Waals surface area contributed by atoms with Gasteiger partial charge in [0.05, 0.1) is 0 Å². The van der Waals surface area contributed by atoms with Crippen molar-refractivity contribution in [1.29, 1.82) is 0 Å². The fraction of sp³-hybridized carbons (Fsp3) is 0.136. The maximum atomic E-state index is 7.50. The van der Waals surface area contributed by atoms with Gasteiger partial charge in [-0.2, -0.15) is 0 Å². The summed E-state index contributed by atoms with van der Waals surface area (Å²) in [6.45, 7) is 18.1. The van der Waals surface area contributed by atoms with Gasteiger partial charge in [0.15, 0.2) is 0 Å². The van der Waals surface area contributed by atoms with E-state index in [1.807, 2.05) is 18.2 Å². The molecule has 0 spiro atoms. The quantitative estimate of drug-likeness (QED) is 0.323. The van der Waals surface area contributed by atoms with Crippen LogP contribution in [0.3, 0.4) is 0 Å². The van der Waals surface area contributed by atoms with Gasteiger partial charge in [-0.25, -0.2) is 0 Å². The van der Waals surface area contributed by atoms with Crippen LogP contribution in [0, 0.1) is 20.0 Å². The molecule has 0 aliphatic rings. The van der Waals surface area contributed by atoms with Crippen molar-refractivity contribution in [1.82, 2.24) is 5.32 Å². The Morgan fingerprint density at radius 2 is 1.26 bits per heavy atom. The summed E-state index contributed by atoms with van der Waals surface area (Å²) in [4.78, 5) is 0. The molecule has 0 amide bonds. The van der Waals surface area contributed by atoms with Crippen molar-refractivity contribution in [2.75, 3.05) is 0 Å². The first-order chi connectivity index (χ1) is 12.9. The second kappa shape index (κ2) is 23.6. The van der Waals surface area contributed by atoms with Crippen LogP contribution in [-0.2, 0) is 44.0 Å². The molecule has 4 nitrogen and oxygen atoms in total. The molecule has 0 saturated carbocycles. The third kappa shape index (κ3) is 15.6. The predicted molar refractivity (Wildman–Crippen MR) is 98.3 cm³/mol. The molecule has 0 saturated heterocycles. The summed E-state index contributed by atoms with van der Waals surface area (Å²) in [5.41, 5.74) is 2.64. The molecule has 0 aliphatic heterocycles. The van der Waals surface area contributed by atoms with Gasteiger partial charge in [-0.1, -0.05) is 85.5 Å². The molecule has 27 heavy (non-hydrogen) atoms. The third-order valence-corrected chi connectivity index (χ3v) is 3.19. The van der Waals surface area contributed by atoms with Crippen molar-refractivity contribution >= 4 is 0 Å². The maximum Gasteiger partial charge on any atom is 0 e. The topological polar surface area (TPSA) is 71.7 Å². The summed E-state index contributed by atoms with van der Waals surface area (Å²) in [5.74, 6) is 0. The van der Waals surface area contributed by atoms with E-state index in [2.05, 4.69) is 92.5 Å². The van der Waals surface area contributed by atoms with Gasteiger partial charge in [-0.05, 0) is 17.5 Å². The molecule has 5 heteroatoms. The number of rotatable bonds is 7. The summed E-state index contributed by atoms with van der Waals surface area (Å²) >= 11 is 0. The van der Waals surface area contributed by atoms with Crippen LogP contribution in [0.5, 0.6) is 0 Å². The van der Waals surface area contributed by atoms with Crippen molar-refractivity contribution in [3.63, 3.8) is 0 Å². The van der Waals surface area contributed by atoms with Crippen molar-refractivity contribution in [3.05, 3.63) is 117 Å². The second-order valence-corrected chi connectivity index (χ2v) is 4.78. The molecule has 2 aromatic rings. The molecule has 0 aromatic heterocycles. The van der Waals surface area contributed by atoms with Crippen molar-refractivity contribution in [3.8, 4) is 0 Å². The van der Waals surface area contributed by atoms with Crippen LogP contribution in [0.2, 0.25) is 0 Å². The fourth-order valence-corrected chi connectivity index (χ4v) is 2.13. The van der Waals surface area contributed by atoms with E-state index in [1.54, 1.807) is 0 Å². The summed E-state index contributed by atoms with van der Waals surface area (Å²) in [5, 5.41) is 3.58. The van der Waals surface area contributed by atoms with Crippen LogP contribution in [0.4, 0.5) is 0 Å². The summed E-state index contributed by atoms with van der Waals surface area (Å²) in [7, 11) is 0. The normalized spacial score (nSPS) is 9.41. The number of hydrogen-bond donors (Lipinski definition) is 1. The first-order valence-electron chi connectivity index (χ1n) is 7.60. The van der Waals surface area contributed by atoms with Crippen molar-refractivity contribution in [2.24, 2.45) is 0 Å². The van der Waals surface area contributed by atoms with Crippen LogP contribution < -0.4 is 5.32 Å². The summed E-state index contributed by atoms with van der Waals surface area (Å²) in [6.07, 6.45) is 6.98. The van der Waals surface area contributed by atoms with Crippen LogP contribution in [0.1, 0.15) is 11.1 Å². The van der Waals surface area contributed by atoms with E-state index in [9.17, 15) is 0 Å². The molecule has 1 atom stereocenters. The molecule has 0 aliphatic carbocycles. The summed E-state index contributed by atoms with van der Waals surface area (Å²) in [6, 6.07) is 21.3. The minimum Gasteiger partial charge on any atom is 0 e.